The van der Waals surface area contributed by atoms with E-state index in [1.807, 2.05) is 23.5 Å². The molecule has 2 aromatic rings. The number of aryl methyl sites for hydroxylation is 1. The van der Waals surface area contributed by atoms with Crippen molar-refractivity contribution in [2.75, 3.05) is 13.1 Å². The van der Waals surface area contributed by atoms with Gasteiger partial charge in [0, 0.05) is 37.3 Å². The highest BCUT2D eigenvalue weighted by atomic mass is 32.1. The number of hydrogen-bond acceptors (Lipinski definition) is 4. The number of rotatable bonds is 4. The number of thiazole rings is 1. The second-order valence-corrected chi connectivity index (χ2v) is 7.18. The molecule has 1 saturated heterocycles. The summed E-state index contributed by atoms with van der Waals surface area (Å²) in [7, 11) is 1.88. The minimum atomic E-state index is 0.0774. The monoisotopic (exact) mass is 332 g/mol. The number of amides is 1. The lowest BCUT2D eigenvalue weighted by molar-refractivity contribution is 0.0755. The van der Waals surface area contributed by atoms with Crippen LogP contribution in [0.25, 0.3) is 10.6 Å². The predicted molar refractivity (Wildman–Crippen MR) is 92.5 cm³/mol. The number of carbonyl (C=O) groups excluding carboxylic acids is 1. The van der Waals surface area contributed by atoms with E-state index in [0.717, 1.165) is 42.4 Å². The van der Waals surface area contributed by atoms with Crippen LogP contribution in [0.5, 0.6) is 0 Å². The molecule has 0 spiro atoms. The van der Waals surface area contributed by atoms with E-state index in [0.29, 0.717) is 5.69 Å². The molecular formula is C17H24N4OS. The fourth-order valence-corrected chi connectivity index (χ4v) is 4.03. The molecule has 1 aliphatic rings. The molecule has 1 atom stereocenters. The molecule has 124 valence electrons. The molecule has 0 N–H and O–H groups in total. The Kier molecular flexibility index (Phi) is 5.10. The van der Waals surface area contributed by atoms with Crippen molar-refractivity contribution in [1.29, 1.82) is 0 Å². The topological polar surface area (TPSA) is 51.0 Å². The smallest absolute Gasteiger partial charge is 0.273 e. The van der Waals surface area contributed by atoms with Crippen molar-refractivity contribution in [2.24, 2.45) is 13.0 Å². The fourth-order valence-electron chi connectivity index (χ4n) is 3.26. The normalized spacial score (nSPS) is 18.9. The minimum Gasteiger partial charge on any atom is -0.337 e. The molecule has 5 nitrogen and oxygen atoms in total. The first-order valence-corrected chi connectivity index (χ1v) is 9.29. The molecule has 6 heteroatoms. The van der Waals surface area contributed by atoms with Crippen LogP contribution in [-0.4, -0.2) is 38.7 Å². The predicted octanol–water partition coefficient (Wildman–Crippen LogP) is 3.59. The van der Waals surface area contributed by atoms with E-state index in [9.17, 15) is 4.79 Å². The van der Waals surface area contributed by atoms with Gasteiger partial charge >= 0.3 is 0 Å². The maximum atomic E-state index is 12.7. The van der Waals surface area contributed by atoms with Crippen molar-refractivity contribution in [3.05, 3.63) is 23.5 Å². The molecule has 3 rings (SSSR count). The molecule has 0 bridgehead atoms. The maximum Gasteiger partial charge on any atom is 0.273 e. The van der Waals surface area contributed by atoms with Crippen molar-refractivity contribution in [2.45, 2.75) is 39.0 Å². The quantitative estimate of drug-likeness (QED) is 0.860. The van der Waals surface area contributed by atoms with Crippen molar-refractivity contribution < 1.29 is 4.79 Å². The van der Waals surface area contributed by atoms with Crippen LogP contribution in [0.1, 0.15) is 49.5 Å². The van der Waals surface area contributed by atoms with Gasteiger partial charge in [-0.25, -0.2) is 4.98 Å². The molecular weight excluding hydrogens is 308 g/mol. The Morgan fingerprint density at radius 2 is 2.26 bits per heavy atom. The lowest BCUT2D eigenvalue weighted by Gasteiger charge is -2.19. The minimum absolute atomic E-state index is 0.0774. The van der Waals surface area contributed by atoms with Gasteiger partial charge in [-0.15, -0.1) is 11.3 Å². The summed E-state index contributed by atoms with van der Waals surface area (Å²) in [6.45, 7) is 3.96. The summed E-state index contributed by atoms with van der Waals surface area (Å²) >= 11 is 1.51. The number of carbonyl (C=O) groups is 1. The van der Waals surface area contributed by atoms with Gasteiger partial charge < -0.3 is 4.90 Å². The lowest BCUT2D eigenvalue weighted by Crippen LogP contribution is -2.32. The Labute approximate surface area is 141 Å². The van der Waals surface area contributed by atoms with Crippen LogP contribution in [0.15, 0.2) is 17.8 Å². The molecule has 0 aromatic carbocycles. The summed E-state index contributed by atoms with van der Waals surface area (Å²) in [5.41, 5.74) is 1.54. The lowest BCUT2D eigenvalue weighted by atomic mass is 9.96. The van der Waals surface area contributed by atoms with E-state index in [2.05, 4.69) is 17.0 Å². The molecule has 1 aliphatic heterocycles. The molecule has 0 saturated carbocycles. The standard InChI is InChI=1S/C17H24N4OS/c1-3-5-13-6-4-8-21(9-7-13)17(22)15-12-23-16(19-15)14-10-18-20(2)11-14/h10-13H,3-9H2,1-2H3/t13-/m0/s1. The van der Waals surface area contributed by atoms with Gasteiger partial charge in [-0.05, 0) is 25.2 Å². The van der Waals surface area contributed by atoms with E-state index in [1.54, 1.807) is 10.9 Å². The second kappa shape index (κ2) is 7.25. The SMILES string of the molecule is CCC[C@H]1CCCN(C(=O)c2csc(-c3cnn(C)c3)n2)CC1. The largest absolute Gasteiger partial charge is 0.337 e. The van der Waals surface area contributed by atoms with Crippen molar-refractivity contribution in [3.63, 3.8) is 0 Å². The highest BCUT2D eigenvalue weighted by Crippen LogP contribution is 2.26. The van der Waals surface area contributed by atoms with Crippen LogP contribution in [0.2, 0.25) is 0 Å². The summed E-state index contributed by atoms with van der Waals surface area (Å²) in [6.07, 6.45) is 9.70. The van der Waals surface area contributed by atoms with Crippen molar-refractivity contribution in [3.8, 4) is 10.6 Å². The molecule has 0 radical (unpaired) electrons. The van der Waals surface area contributed by atoms with Crippen LogP contribution < -0.4 is 0 Å². The number of likely N-dealkylation sites (tertiary alicyclic amines) is 1. The highest BCUT2D eigenvalue weighted by Gasteiger charge is 2.23. The zero-order valence-corrected chi connectivity index (χ0v) is 14.7. The molecule has 2 aromatic heterocycles. The summed E-state index contributed by atoms with van der Waals surface area (Å²) in [4.78, 5) is 19.2. The van der Waals surface area contributed by atoms with Crippen molar-refractivity contribution >= 4 is 17.2 Å². The third-order valence-electron chi connectivity index (χ3n) is 4.51. The van der Waals surface area contributed by atoms with E-state index >= 15 is 0 Å². The Morgan fingerprint density at radius 3 is 3.00 bits per heavy atom. The first kappa shape index (κ1) is 16.2. The Hall–Kier alpha value is -1.69. The van der Waals surface area contributed by atoms with Gasteiger partial charge in [0.25, 0.3) is 5.91 Å². The van der Waals surface area contributed by atoms with Gasteiger partial charge in [-0.1, -0.05) is 19.8 Å². The molecule has 0 aliphatic carbocycles. The molecule has 0 unspecified atom stereocenters. The Bertz CT molecular complexity index is 663. The zero-order valence-electron chi connectivity index (χ0n) is 13.9. The fraction of sp³-hybridized carbons (Fsp3) is 0.588. The van der Waals surface area contributed by atoms with Gasteiger partial charge in [0.05, 0.1) is 6.20 Å². The first-order valence-electron chi connectivity index (χ1n) is 8.41. The number of hydrogen-bond donors (Lipinski definition) is 0. The van der Waals surface area contributed by atoms with Gasteiger partial charge in [0.1, 0.15) is 10.7 Å². The van der Waals surface area contributed by atoms with Crippen LogP contribution >= 0.6 is 11.3 Å². The second-order valence-electron chi connectivity index (χ2n) is 6.32. The summed E-state index contributed by atoms with van der Waals surface area (Å²) in [5, 5.41) is 6.90. The number of aromatic nitrogens is 3. The molecule has 3 heterocycles. The summed E-state index contributed by atoms with van der Waals surface area (Å²) in [6, 6.07) is 0. The first-order chi connectivity index (χ1) is 11.2. The van der Waals surface area contributed by atoms with E-state index in [1.165, 1.54) is 30.6 Å². The van der Waals surface area contributed by atoms with Crippen LogP contribution in [0.3, 0.4) is 0 Å². The Morgan fingerprint density at radius 1 is 1.39 bits per heavy atom. The average molecular weight is 332 g/mol. The van der Waals surface area contributed by atoms with Gasteiger partial charge in [-0.3, -0.25) is 9.48 Å². The Balaban J connectivity index is 1.67. The average Bonchev–Trinajstić information content (AvgIpc) is 3.12. The summed E-state index contributed by atoms with van der Waals surface area (Å²) in [5.74, 6) is 0.854. The molecule has 1 fully saturated rings. The third-order valence-corrected chi connectivity index (χ3v) is 5.40. The van der Waals surface area contributed by atoms with Gasteiger partial charge in [0.2, 0.25) is 0 Å². The zero-order chi connectivity index (χ0) is 16.2. The van der Waals surface area contributed by atoms with E-state index < -0.39 is 0 Å². The van der Waals surface area contributed by atoms with Crippen LogP contribution in [-0.2, 0) is 7.05 Å². The van der Waals surface area contributed by atoms with Gasteiger partial charge in [-0.2, -0.15) is 5.10 Å². The van der Waals surface area contributed by atoms with Crippen molar-refractivity contribution in [1.82, 2.24) is 19.7 Å². The van der Waals surface area contributed by atoms with E-state index in [4.69, 9.17) is 0 Å². The molecule has 1 amide bonds. The van der Waals surface area contributed by atoms with Gasteiger partial charge in [0.15, 0.2) is 0 Å². The van der Waals surface area contributed by atoms with Crippen LogP contribution in [0.4, 0.5) is 0 Å². The highest BCUT2D eigenvalue weighted by molar-refractivity contribution is 7.13. The third kappa shape index (κ3) is 3.80. The van der Waals surface area contributed by atoms with E-state index in [-0.39, 0.29) is 5.91 Å². The van der Waals surface area contributed by atoms with Crippen LogP contribution in [0, 0.1) is 5.92 Å². The maximum absolute atomic E-state index is 12.7. The summed E-state index contributed by atoms with van der Waals surface area (Å²) < 4.78 is 1.75. The number of nitrogens with zero attached hydrogens (tertiary/aromatic N) is 4. The molecule has 23 heavy (non-hydrogen) atoms.